The number of nitrogens with two attached hydrogens (primary N) is 1. The largest absolute Gasteiger partial charge is 0.369 e. The molecule has 0 aliphatic heterocycles. The van der Waals surface area contributed by atoms with E-state index in [0.717, 1.165) is 42.6 Å². The predicted molar refractivity (Wildman–Crippen MR) is 97.0 cm³/mol. The van der Waals surface area contributed by atoms with Crippen molar-refractivity contribution in [1.82, 2.24) is 14.6 Å². The molecule has 2 heterocycles. The number of benzene rings is 1. The molecule has 4 rings (SSSR count). The molecule has 1 aliphatic carbocycles. The molecule has 0 radical (unpaired) electrons. The highest BCUT2D eigenvalue weighted by Crippen LogP contribution is 2.26. The van der Waals surface area contributed by atoms with Gasteiger partial charge in [0.15, 0.2) is 5.65 Å². The van der Waals surface area contributed by atoms with Crippen LogP contribution in [0.3, 0.4) is 0 Å². The minimum Gasteiger partial charge on any atom is -0.369 e. The van der Waals surface area contributed by atoms with Crippen molar-refractivity contribution in [3.63, 3.8) is 0 Å². The van der Waals surface area contributed by atoms with Crippen molar-refractivity contribution < 1.29 is 4.79 Å². The van der Waals surface area contributed by atoms with E-state index < -0.39 is 0 Å². The number of carbonyl (C=O) groups is 1. The molecule has 1 aromatic carbocycles. The molecule has 1 saturated carbocycles. The third-order valence-electron chi connectivity index (χ3n) is 4.89. The summed E-state index contributed by atoms with van der Waals surface area (Å²) in [6, 6.07) is 16.4. The van der Waals surface area contributed by atoms with Crippen molar-refractivity contribution in [3.8, 4) is 11.3 Å². The number of fused-ring (bicyclic) bond motifs is 1. The molecule has 0 unspecified atom stereocenters. The monoisotopic (exact) mass is 335 g/mol. The maximum atomic E-state index is 11.3. The number of carbonyl (C=O) groups excluding carboxylic acids is 1. The molecule has 0 spiro atoms. The number of amides is 1. The van der Waals surface area contributed by atoms with Crippen LogP contribution in [0.5, 0.6) is 0 Å². The van der Waals surface area contributed by atoms with Crippen LogP contribution in [0, 0.1) is 5.92 Å². The summed E-state index contributed by atoms with van der Waals surface area (Å²) < 4.78 is 1.87. The number of rotatable bonds is 4. The van der Waals surface area contributed by atoms with Crippen LogP contribution in [0.4, 0.5) is 5.95 Å². The van der Waals surface area contributed by atoms with Gasteiger partial charge >= 0.3 is 0 Å². The number of hydrogen-bond donors (Lipinski definition) is 2. The average molecular weight is 335 g/mol. The lowest BCUT2D eigenvalue weighted by Gasteiger charge is -2.26. The smallest absolute Gasteiger partial charge is 0.243 e. The van der Waals surface area contributed by atoms with Gasteiger partial charge in [-0.3, -0.25) is 4.79 Å². The van der Waals surface area contributed by atoms with Gasteiger partial charge in [0.25, 0.3) is 0 Å². The highest BCUT2D eigenvalue weighted by molar-refractivity contribution is 5.76. The summed E-state index contributed by atoms with van der Waals surface area (Å²) in [6.07, 6.45) is 3.48. The number of primary amides is 1. The Morgan fingerprint density at radius 1 is 1.04 bits per heavy atom. The van der Waals surface area contributed by atoms with Crippen LogP contribution in [0.15, 0.2) is 48.5 Å². The zero-order chi connectivity index (χ0) is 17.2. The van der Waals surface area contributed by atoms with Gasteiger partial charge in [0.2, 0.25) is 11.9 Å². The maximum Gasteiger partial charge on any atom is 0.243 e. The first-order valence-corrected chi connectivity index (χ1v) is 8.68. The van der Waals surface area contributed by atoms with Gasteiger partial charge in [-0.2, -0.15) is 4.98 Å². The highest BCUT2D eigenvalue weighted by Gasteiger charge is 2.25. The van der Waals surface area contributed by atoms with E-state index >= 15 is 0 Å². The Hall–Kier alpha value is -2.89. The van der Waals surface area contributed by atoms with Crippen molar-refractivity contribution in [2.24, 2.45) is 11.7 Å². The van der Waals surface area contributed by atoms with Gasteiger partial charge < -0.3 is 11.1 Å². The fourth-order valence-electron chi connectivity index (χ4n) is 3.50. The summed E-state index contributed by atoms with van der Waals surface area (Å²) in [6.45, 7) is 0. The standard InChI is InChI=1S/C19H21N5O/c20-18(25)14-9-11-15(12-10-14)21-19-22-17-8-4-7-16(24(17)23-19)13-5-2-1-3-6-13/h1-8,14-15H,9-12H2,(H2,20,25)(H,21,23)/t14-,15+. The summed E-state index contributed by atoms with van der Waals surface area (Å²) in [5, 5.41) is 8.05. The Labute approximate surface area is 146 Å². The molecule has 1 amide bonds. The molecule has 1 aliphatic rings. The summed E-state index contributed by atoms with van der Waals surface area (Å²) >= 11 is 0. The fraction of sp³-hybridized carbons (Fsp3) is 0.316. The van der Waals surface area contributed by atoms with E-state index in [9.17, 15) is 4.79 Å². The Balaban J connectivity index is 1.55. The van der Waals surface area contributed by atoms with Crippen LogP contribution in [0.25, 0.3) is 16.9 Å². The molecular formula is C19H21N5O. The minimum absolute atomic E-state index is 0.0109. The number of nitrogens with one attached hydrogen (secondary N) is 1. The van der Waals surface area contributed by atoms with E-state index in [0.29, 0.717) is 5.95 Å². The second-order valence-electron chi connectivity index (χ2n) is 6.58. The zero-order valence-electron chi connectivity index (χ0n) is 13.9. The van der Waals surface area contributed by atoms with Crippen LogP contribution >= 0.6 is 0 Å². The zero-order valence-corrected chi connectivity index (χ0v) is 13.9. The molecule has 0 bridgehead atoms. The first-order chi connectivity index (χ1) is 12.2. The van der Waals surface area contributed by atoms with Crippen LogP contribution in [-0.2, 0) is 4.79 Å². The lowest BCUT2D eigenvalue weighted by molar-refractivity contribution is -0.122. The molecule has 6 nitrogen and oxygen atoms in total. The number of aromatic nitrogens is 3. The van der Waals surface area contributed by atoms with E-state index in [1.54, 1.807) is 0 Å². The summed E-state index contributed by atoms with van der Waals surface area (Å²) in [5.41, 5.74) is 8.33. The van der Waals surface area contributed by atoms with Gasteiger partial charge in [0, 0.05) is 17.5 Å². The van der Waals surface area contributed by atoms with E-state index in [4.69, 9.17) is 5.73 Å². The van der Waals surface area contributed by atoms with Crippen LogP contribution in [0.2, 0.25) is 0 Å². The first-order valence-electron chi connectivity index (χ1n) is 8.68. The minimum atomic E-state index is -0.184. The van der Waals surface area contributed by atoms with Crippen molar-refractivity contribution in [2.75, 3.05) is 5.32 Å². The molecule has 2 aromatic heterocycles. The Kier molecular flexibility index (Phi) is 4.09. The van der Waals surface area contributed by atoms with Gasteiger partial charge in [0.1, 0.15) is 0 Å². The second-order valence-corrected chi connectivity index (χ2v) is 6.58. The van der Waals surface area contributed by atoms with Crippen LogP contribution in [-0.4, -0.2) is 26.5 Å². The number of nitrogens with zero attached hydrogens (tertiary/aromatic N) is 3. The second kappa shape index (κ2) is 6.55. The topological polar surface area (TPSA) is 85.3 Å². The van der Waals surface area contributed by atoms with Crippen LogP contribution < -0.4 is 11.1 Å². The first kappa shape index (κ1) is 15.6. The molecule has 1 fully saturated rings. The van der Waals surface area contributed by atoms with Gasteiger partial charge in [-0.05, 0) is 37.8 Å². The fourth-order valence-corrected chi connectivity index (χ4v) is 3.50. The third kappa shape index (κ3) is 3.20. The van der Waals surface area contributed by atoms with Crippen molar-refractivity contribution >= 4 is 17.5 Å². The van der Waals surface area contributed by atoms with Gasteiger partial charge in [-0.1, -0.05) is 36.4 Å². The Morgan fingerprint density at radius 3 is 2.52 bits per heavy atom. The Bertz CT molecular complexity index is 881. The third-order valence-corrected chi connectivity index (χ3v) is 4.89. The lowest BCUT2D eigenvalue weighted by Crippen LogP contribution is -2.32. The van der Waals surface area contributed by atoms with E-state index in [1.165, 1.54) is 0 Å². The van der Waals surface area contributed by atoms with Gasteiger partial charge in [0.05, 0.1) is 5.69 Å². The van der Waals surface area contributed by atoms with Crippen molar-refractivity contribution in [1.29, 1.82) is 0 Å². The van der Waals surface area contributed by atoms with Crippen molar-refractivity contribution in [2.45, 2.75) is 31.7 Å². The highest BCUT2D eigenvalue weighted by atomic mass is 16.1. The normalized spacial score (nSPS) is 20.5. The molecular weight excluding hydrogens is 314 g/mol. The predicted octanol–water partition coefficient (Wildman–Crippen LogP) is 2.85. The summed E-state index contributed by atoms with van der Waals surface area (Å²) in [4.78, 5) is 15.9. The van der Waals surface area contributed by atoms with Crippen molar-refractivity contribution in [3.05, 3.63) is 48.5 Å². The van der Waals surface area contributed by atoms with Crippen LogP contribution in [0.1, 0.15) is 25.7 Å². The number of anilines is 1. The number of pyridine rings is 1. The lowest BCUT2D eigenvalue weighted by atomic mass is 9.86. The van der Waals surface area contributed by atoms with Gasteiger partial charge in [-0.15, -0.1) is 5.10 Å². The molecule has 0 saturated heterocycles. The molecule has 128 valence electrons. The average Bonchev–Trinajstić information content (AvgIpc) is 3.05. The van der Waals surface area contributed by atoms with E-state index in [1.807, 2.05) is 40.9 Å². The SMILES string of the molecule is NC(=O)[C@H]1CC[C@@H](Nc2nc3cccc(-c4ccccc4)n3n2)CC1. The number of hydrogen-bond acceptors (Lipinski definition) is 4. The van der Waals surface area contributed by atoms with E-state index in [2.05, 4.69) is 27.5 Å². The maximum absolute atomic E-state index is 11.3. The Morgan fingerprint density at radius 2 is 1.80 bits per heavy atom. The molecule has 25 heavy (non-hydrogen) atoms. The summed E-state index contributed by atoms with van der Waals surface area (Å²) in [7, 11) is 0. The molecule has 0 atom stereocenters. The summed E-state index contributed by atoms with van der Waals surface area (Å²) in [5.74, 6) is 0.458. The molecule has 3 N–H and O–H groups in total. The molecule has 3 aromatic rings. The molecule has 6 heteroatoms. The van der Waals surface area contributed by atoms with Gasteiger partial charge in [-0.25, -0.2) is 4.52 Å². The van der Waals surface area contributed by atoms with E-state index in [-0.39, 0.29) is 17.9 Å². The quantitative estimate of drug-likeness (QED) is 0.768.